The molecule has 0 aliphatic heterocycles. The third kappa shape index (κ3) is 3.10. The fraction of sp³-hybridized carbons (Fsp3) is 0.474. The molecule has 3 aromatic rings. The van der Waals surface area contributed by atoms with Crippen molar-refractivity contribution < 1.29 is 0 Å². The lowest BCUT2D eigenvalue weighted by atomic mass is 10.2. The SMILES string of the molecule is O=c1c2c(nc(Cl)n2Cc2ccncc2)n(CC2CC2)c(=O)n1CC1CC1. The Balaban J connectivity index is 1.72. The molecule has 0 radical (unpaired) electrons. The minimum absolute atomic E-state index is 0.229. The smallest absolute Gasteiger partial charge is 0.304 e. The fourth-order valence-electron chi connectivity index (χ4n) is 3.52. The van der Waals surface area contributed by atoms with Gasteiger partial charge in [0.15, 0.2) is 11.2 Å². The summed E-state index contributed by atoms with van der Waals surface area (Å²) < 4.78 is 4.76. The summed E-state index contributed by atoms with van der Waals surface area (Å²) in [5, 5.41) is 0.229. The van der Waals surface area contributed by atoms with E-state index in [2.05, 4.69) is 9.97 Å². The molecule has 2 aliphatic rings. The van der Waals surface area contributed by atoms with E-state index in [1.807, 2.05) is 12.1 Å². The predicted molar refractivity (Wildman–Crippen MR) is 102 cm³/mol. The van der Waals surface area contributed by atoms with Gasteiger partial charge in [-0.15, -0.1) is 0 Å². The maximum atomic E-state index is 13.2. The van der Waals surface area contributed by atoms with Crippen LogP contribution in [0.3, 0.4) is 0 Å². The van der Waals surface area contributed by atoms with Crippen LogP contribution in [-0.4, -0.2) is 23.7 Å². The summed E-state index contributed by atoms with van der Waals surface area (Å²) >= 11 is 6.41. The molecule has 0 atom stereocenters. The molecule has 0 spiro atoms. The van der Waals surface area contributed by atoms with Crippen LogP contribution in [0.2, 0.25) is 5.28 Å². The molecule has 2 fully saturated rings. The zero-order valence-corrected chi connectivity index (χ0v) is 15.6. The van der Waals surface area contributed by atoms with E-state index in [-0.39, 0.29) is 16.5 Å². The van der Waals surface area contributed by atoms with Crippen LogP contribution in [0.1, 0.15) is 31.2 Å². The van der Waals surface area contributed by atoms with Crippen LogP contribution >= 0.6 is 11.6 Å². The van der Waals surface area contributed by atoms with E-state index >= 15 is 0 Å². The van der Waals surface area contributed by atoms with E-state index in [9.17, 15) is 9.59 Å². The van der Waals surface area contributed by atoms with Crippen LogP contribution in [0.5, 0.6) is 0 Å². The van der Waals surface area contributed by atoms with Crippen molar-refractivity contribution in [2.24, 2.45) is 11.8 Å². The highest BCUT2D eigenvalue weighted by Crippen LogP contribution is 2.32. The Morgan fingerprint density at radius 2 is 1.59 bits per heavy atom. The Morgan fingerprint density at radius 1 is 0.963 bits per heavy atom. The lowest BCUT2D eigenvalue weighted by Gasteiger charge is -2.12. The Labute approximate surface area is 160 Å². The minimum atomic E-state index is -0.289. The maximum Gasteiger partial charge on any atom is 0.332 e. The third-order valence-electron chi connectivity index (χ3n) is 5.43. The summed E-state index contributed by atoms with van der Waals surface area (Å²) in [7, 11) is 0. The molecule has 3 aromatic heterocycles. The highest BCUT2D eigenvalue weighted by atomic mass is 35.5. The number of fused-ring (bicyclic) bond motifs is 1. The van der Waals surface area contributed by atoms with Gasteiger partial charge in [-0.2, -0.15) is 4.98 Å². The average Bonchev–Trinajstić information content (AvgIpc) is 3.58. The first-order valence-corrected chi connectivity index (χ1v) is 9.78. The van der Waals surface area contributed by atoms with Crippen LogP contribution in [0.4, 0.5) is 0 Å². The summed E-state index contributed by atoms with van der Waals surface area (Å²) in [6.07, 6.45) is 7.78. The maximum absolute atomic E-state index is 13.2. The zero-order chi connectivity index (χ0) is 18.5. The van der Waals surface area contributed by atoms with Gasteiger partial charge in [0.2, 0.25) is 5.28 Å². The third-order valence-corrected chi connectivity index (χ3v) is 5.72. The van der Waals surface area contributed by atoms with Crippen molar-refractivity contribution in [3.63, 3.8) is 0 Å². The van der Waals surface area contributed by atoms with Gasteiger partial charge in [0.25, 0.3) is 5.56 Å². The molecule has 27 heavy (non-hydrogen) atoms. The van der Waals surface area contributed by atoms with E-state index in [1.165, 1.54) is 4.57 Å². The molecule has 0 unspecified atom stereocenters. The molecule has 7 nitrogen and oxygen atoms in total. The minimum Gasteiger partial charge on any atom is -0.304 e. The normalized spacial score (nSPS) is 16.9. The van der Waals surface area contributed by atoms with Crippen molar-refractivity contribution in [1.82, 2.24) is 23.7 Å². The Hall–Kier alpha value is -2.41. The van der Waals surface area contributed by atoms with E-state index < -0.39 is 0 Å². The van der Waals surface area contributed by atoms with Gasteiger partial charge in [-0.1, -0.05) is 0 Å². The second-order valence-electron chi connectivity index (χ2n) is 7.69. The number of hydrogen-bond donors (Lipinski definition) is 0. The van der Waals surface area contributed by atoms with Crippen LogP contribution in [0, 0.1) is 11.8 Å². The van der Waals surface area contributed by atoms with Crippen LogP contribution in [-0.2, 0) is 19.6 Å². The molecule has 0 N–H and O–H groups in total. The predicted octanol–water partition coefficient (Wildman–Crippen LogP) is 2.28. The highest BCUT2D eigenvalue weighted by Gasteiger charge is 2.29. The number of rotatable bonds is 6. The lowest BCUT2D eigenvalue weighted by Crippen LogP contribution is -2.41. The molecule has 0 saturated heterocycles. The number of nitrogens with zero attached hydrogens (tertiary/aromatic N) is 5. The molecule has 2 saturated carbocycles. The molecular formula is C19H20ClN5O2. The van der Waals surface area contributed by atoms with E-state index in [1.54, 1.807) is 21.5 Å². The number of halogens is 1. The molecule has 5 rings (SSSR count). The first kappa shape index (κ1) is 16.7. The van der Waals surface area contributed by atoms with E-state index in [4.69, 9.17) is 11.6 Å². The van der Waals surface area contributed by atoms with Crippen molar-refractivity contribution >= 4 is 22.8 Å². The van der Waals surface area contributed by atoms with Gasteiger partial charge in [0.1, 0.15) is 0 Å². The molecule has 0 bridgehead atoms. The first-order valence-electron chi connectivity index (χ1n) is 9.40. The second kappa shape index (κ2) is 6.34. The molecule has 8 heteroatoms. The fourth-order valence-corrected chi connectivity index (χ4v) is 3.75. The Kier molecular flexibility index (Phi) is 3.93. The molecule has 0 amide bonds. The topological polar surface area (TPSA) is 74.7 Å². The van der Waals surface area contributed by atoms with Gasteiger partial charge >= 0.3 is 5.69 Å². The second-order valence-corrected chi connectivity index (χ2v) is 8.03. The molecule has 140 valence electrons. The van der Waals surface area contributed by atoms with Gasteiger partial charge in [-0.05, 0) is 66.8 Å². The Bertz CT molecular complexity index is 1120. The average molecular weight is 386 g/mol. The number of hydrogen-bond acceptors (Lipinski definition) is 4. The largest absolute Gasteiger partial charge is 0.332 e. The lowest BCUT2D eigenvalue weighted by molar-refractivity contribution is 0.519. The van der Waals surface area contributed by atoms with Crippen LogP contribution in [0.25, 0.3) is 11.2 Å². The van der Waals surface area contributed by atoms with Gasteiger partial charge in [-0.3, -0.25) is 18.9 Å². The number of aromatic nitrogens is 5. The standard InChI is InChI=1S/C19H20ClN5O2/c20-18-22-16-15(23(18)9-14-5-7-21-8-6-14)17(26)25(11-13-3-4-13)19(27)24(16)10-12-1-2-12/h5-8,12-13H,1-4,9-11H2. The van der Waals surface area contributed by atoms with Gasteiger partial charge in [-0.25, -0.2) is 4.79 Å². The van der Waals surface area contributed by atoms with Crippen LogP contribution < -0.4 is 11.2 Å². The molecule has 2 aliphatic carbocycles. The summed E-state index contributed by atoms with van der Waals surface area (Å²) in [5.74, 6) is 0.913. The Morgan fingerprint density at radius 3 is 2.22 bits per heavy atom. The quantitative estimate of drug-likeness (QED) is 0.610. The van der Waals surface area contributed by atoms with Crippen molar-refractivity contribution in [3.05, 3.63) is 56.2 Å². The molecule has 3 heterocycles. The first-order chi connectivity index (χ1) is 13.1. The molecular weight excluding hydrogens is 366 g/mol. The van der Waals surface area contributed by atoms with E-state index in [0.717, 1.165) is 31.2 Å². The zero-order valence-electron chi connectivity index (χ0n) is 14.8. The van der Waals surface area contributed by atoms with Crippen molar-refractivity contribution in [1.29, 1.82) is 0 Å². The summed E-state index contributed by atoms with van der Waals surface area (Å²) in [4.78, 5) is 34.7. The van der Waals surface area contributed by atoms with Gasteiger partial charge in [0, 0.05) is 25.5 Å². The summed E-state index contributed by atoms with van der Waals surface area (Å²) in [6, 6.07) is 3.76. The highest BCUT2D eigenvalue weighted by molar-refractivity contribution is 6.29. The van der Waals surface area contributed by atoms with Gasteiger partial charge < -0.3 is 4.57 Å². The summed E-state index contributed by atoms with van der Waals surface area (Å²) in [6.45, 7) is 1.50. The van der Waals surface area contributed by atoms with Crippen molar-refractivity contribution in [3.8, 4) is 0 Å². The van der Waals surface area contributed by atoms with E-state index in [0.29, 0.717) is 42.6 Å². The van der Waals surface area contributed by atoms with Gasteiger partial charge in [0.05, 0.1) is 6.54 Å². The van der Waals surface area contributed by atoms with Crippen molar-refractivity contribution in [2.45, 2.75) is 45.3 Å². The molecule has 0 aromatic carbocycles. The van der Waals surface area contributed by atoms with Crippen molar-refractivity contribution in [2.75, 3.05) is 0 Å². The van der Waals surface area contributed by atoms with Crippen LogP contribution in [0.15, 0.2) is 34.1 Å². The number of imidazole rings is 1. The summed E-state index contributed by atoms with van der Waals surface area (Å²) in [5.41, 5.74) is 1.25. The monoisotopic (exact) mass is 385 g/mol. The number of pyridine rings is 1.